The SMILES string of the molecule is CN(Cc1sccc1C#CCO)C1CCOC1. The monoisotopic (exact) mass is 251 g/mol. The van der Waals surface area contributed by atoms with Crippen molar-refractivity contribution in [2.75, 3.05) is 26.9 Å². The van der Waals surface area contributed by atoms with Crippen LogP contribution in [-0.2, 0) is 11.3 Å². The Labute approximate surface area is 106 Å². The van der Waals surface area contributed by atoms with E-state index in [1.165, 1.54) is 4.88 Å². The van der Waals surface area contributed by atoms with Gasteiger partial charge in [0.2, 0.25) is 0 Å². The number of aliphatic hydroxyl groups is 1. The number of nitrogens with zero attached hydrogens (tertiary/aromatic N) is 1. The summed E-state index contributed by atoms with van der Waals surface area (Å²) in [5.41, 5.74) is 1.04. The molecule has 1 aliphatic rings. The number of likely N-dealkylation sites (N-methyl/N-ethyl adjacent to an activating group) is 1. The van der Waals surface area contributed by atoms with Crippen LogP contribution in [-0.4, -0.2) is 42.9 Å². The average Bonchev–Trinajstić information content (AvgIpc) is 2.97. The van der Waals surface area contributed by atoms with Crippen molar-refractivity contribution in [3.05, 3.63) is 21.9 Å². The van der Waals surface area contributed by atoms with E-state index >= 15 is 0 Å². The van der Waals surface area contributed by atoms with Gasteiger partial charge in [-0.05, 0) is 24.9 Å². The van der Waals surface area contributed by atoms with Crippen LogP contribution in [0.5, 0.6) is 0 Å². The minimum atomic E-state index is -0.0818. The van der Waals surface area contributed by atoms with Crippen molar-refractivity contribution >= 4 is 11.3 Å². The Balaban J connectivity index is 2.00. The molecule has 2 heterocycles. The van der Waals surface area contributed by atoms with Crippen molar-refractivity contribution in [2.45, 2.75) is 19.0 Å². The Bertz CT molecular complexity index is 413. The van der Waals surface area contributed by atoms with Gasteiger partial charge in [-0.2, -0.15) is 0 Å². The molecule has 0 saturated carbocycles. The first-order valence-corrected chi connectivity index (χ1v) is 6.63. The fraction of sp³-hybridized carbons (Fsp3) is 0.538. The lowest BCUT2D eigenvalue weighted by atomic mass is 10.2. The fourth-order valence-electron chi connectivity index (χ4n) is 1.93. The lowest BCUT2D eigenvalue weighted by molar-refractivity contribution is 0.157. The Hall–Kier alpha value is -0.860. The normalized spacial score (nSPS) is 19.4. The van der Waals surface area contributed by atoms with Gasteiger partial charge in [-0.1, -0.05) is 11.8 Å². The van der Waals surface area contributed by atoms with Gasteiger partial charge in [-0.15, -0.1) is 11.3 Å². The van der Waals surface area contributed by atoms with E-state index in [2.05, 4.69) is 29.2 Å². The number of hydrogen-bond donors (Lipinski definition) is 1. The molecule has 3 nitrogen and oxygen atoms in total. The Morgan fingerprint density at radius 1 is 1.65 bits per heavy atom. The molecular formula is C13H17NO2S. The maximum absolute atomic E-state index is 8.71. The van der Waals surface area contributed by atoms with Crippen molar-refractivity contribution in [1.29, 1.82) is 0 Å². The van der Waals surface area contributed by atoms with Crippen molar-refractivity contribution < 1.29 is 9.84 Å². The number of thiophene rings is 1. The molecule has 92 valence electrons. The van der Waals surface area contributed by atoms with Crippen molar-refractivity contribution in [3.8, 4) is 11.8 Å². The molecule has 2 rings (SSSR count). The molecule has 1 aromatic rings. The first-order valence-electron chi connectivity index (χ1n) is 5.75. The summed E-state index contributed by atoms with van der Waals surface area (Å²) in [7, 11) is 2.13. The molecule has 0 aliphatic carbocycles. The first kappa shape index (κ1) is 12.6. The zero-order valence-corrected chi connectivity index (χ0v) is 10.8. The van der Waals surface area contributed by atoms with Crippen molar-refractivity contribution in [2.24, 2.45) is 0 Å². The zero-order chi connectivity index (χ0) is 12.1. The predicted molar refractivity (Wildman–Crippen MR) is 69.0 cm³/mol. The van der Waals surface area contributed by atoms with Crippen LogP contribution in [0.3, 0.4) is 0 Å². The third kappa shape index (κ3) is 3.30. The van der Waals surface area contributed by atoms with Crippen LogP contribution in [0.25, 0.3) is 0 Å². The van der Waals surface area contributed by atoms with Gasteiger partial charge < -0.3 is 9.84 Å². The Kier molecular flexibility index (Phi) is 4.57. The molecule has 1 aliphatic heterocycles. The minimum absolute atomic E-state index is 0.0818. The molecule has 0 spiro atoms. The molecule has 0 bridgehead atoms. The third-order valence-electron chi connectivity index (χ3n) is 2.97. The van der Waals surface area contributed by atoms with E-state index in [1.54, 1.807) is 11.3 Å². The summed E-state index contributed by atoms with van der Waals surface area (Å²) in [6.45, 7) is 2.53. The lowest BCUT2D eigenvalue weighted by Gasteiger charge is -2.22. The third-order valence-corrected chi connectivity index (χ3v) is 3.88. The van der Waals surface area contributed by atoms with Crippen LogP contribution in [0.2, 0.25) is 0 Å². The van der Waals surface area contributed by atoms with Crippen LogP contribution in [0.1, 0.15) is 16.9 Å². The molecule has 1 saturated heterocycles. The number of ether oxygens (including phenoxy) is 1. The van der Waals surface area contributed by atoms with E-state index in [-0.39, 0.29) is 6.61 Å². The summed E-state index contributed by atoms with van der Waals surface area (Å²) >= 11 is 1.72. The average molecular weight is 251 g/mol. The van der Waals surface area contributed by atoms with Crippen LogP contribution in [0, 0.1) is 11.8 Å². The van der Waals surface area contributed by atoms with Gasteiger partial charge in [0.15, 0.2) is 0 Å². The zero-order valence-electron chi connectivity index (χ0n) is 9.98. The predicted octanol–water partition coefficient (Wildman–Crippen LogP) is 1.31. The number of aliphatic hydroxyl groups excluding tert-OH is 1. The van der Waals surface area contributed by atoms with Gasteiger partial charge >= 0.3 is 0 Å². The standard InChI is InChI=1S/C13H17NO2S/c1-14(12-4-7-16-10-12)9-13-11(3-2-6-15)5-8-17-13/h5,8,12,15H,4,6-7,9-10H2,1H3. The van der Waals surface area contributed by atoms with Crippen LogP contribution in [0.4, 0.5) is 0 Å². The Morgan fingerprint density at radius 2 is 2.53 bits per heavy atom. The van der Waals surface area contributed by atoms with E-state index in [1.807, 2.05) is 6.07 Å². The van der Waals surface area contributed by atoms with Gasteiger partial charge in [0, 0.05) is 29.6 Å². The second-order valence-electron chi connectivity index (χ2n) is 4.15. The van der Waals surface area contributed by atoms with E-state index in [0.29, 0.717) is 6.04 Å². The molecule has 1 aromatic heterocycles. The fourth-order valence-corrected chi connectivity index (χ4v) is 2.83. The summed E-state index contributed by atoms with van der Waals surface area (Å²) in [6, 6.07) is 2.54. The van der Waals surface area contributed by atoms with E-state index in [9.17, 15) is 0 Å². The second-order valence-corrected chi connectivity index (χ2v) is 5.15. The van der Waals surface area contributed by atoms with Gasteiger partial charge in [0.25, 0.3) is 0 Å². The quantitative estimate of drug-likeness (QED) is 0.822. The highest BCUT2D eigenvalue weighted by molar-refractivity contribution is 7.10. The largest absolute Gasteiger partial charge is 0.384 e. The Morgan fingerprint density at radius 3 is 3.24 bits per heavy atom. The molecule has 1 unspecified atom stereocenters. The molecule has 17 heavy (non-hydrogen) atoms. The molecule has 0 aromatic carbocycles. The maximum atomic E-state index is 8.71. The van der Waals surface area contributed by atoms with Crippen molar-refractivity contribution in [3.63, 3.8) is 0 Å². The second kappa shape index (κ2) is 6.18. The lowest BCUT2D eigenvalue weighted by Crippen LogP contribution is -2.31. The highest BCUT2D eigenvalue weighted by atomic mass is 32.1. The highest BCUT2D eigenvalue weighted by Crippen LogP contribution is 2.20. The minimum Gasteiger partial charge on any atom is -0.384 e. The molecule has 4 heteroatoms. The summed E-state index contributed by atoms with van der Waals surface area (Å²) in [6.07, 6.45) is 1.11. The smallest absolute Gasteiger partial charge is 0.104 e. The number of rotatable bonds is 3. The van der Waals surface area contributed by atoms with Crippen LogP contribution in [0.15, 0.2) is 11.4 Å². The van der Waals surface area contributed by atoms with E-state index in [0.717, 1.165) is 31.7 Å². The number of hydrogen-bond acceptors (Lipinski definition) is 4. The summed E-state index contributed by atoms with van der Waals surface area (Å²) in [5.74, 6) is 5.69. The summed E-state index contributed by atoms with van der Waals surface area (Å²) in [5, 5.41) is 10.8. The first-order chi connectivity index (χ1) is 8.31. The summed E-state index contributed by atoms with van der Waals surface area (Å²) < 4.78 is 5.39. The molecule has 1 N–H and O–H groups in total. The van der Waals surface area contributed by atoms with Gasteiger partial charge in [-0.3, -0.25) is 4.90 Å². The van der Waals surface area contributed by atoms with Crippen LogP contribution >= 0.6 is 11.3 Å². The molecule has 0 radical (unpaired) electrons. The van der Waals surface area contributed by atoms with E-state index < -0.39 is 0 Å². The van der Waals surface area contributed by atoms with Gasteiger partial charge in [-0.25, -0.2) is 0 Å². The van der Waals surface area contributed by atoms with Crippen LogP contribution < -0.4 is 0 Å². The molecule has 1 atom stereocenters. The van der Waals surface area contributed by atoms with Gasteiger partial charge in [0.05, 0.1) is 6.61 Å². The molecule has 0 amide bonds. The highest BCUT2D eigenvalue weighted by Gasteiger charge is 2.20. The maximum Gasteiger partial charge on any atom is 0.104 e. The topological polar surface area (TPSA) is 32.7 Å². The molecular weight excluding hydrogens is 234 g/mol. The molecule has 1 fully saturated rings. The van der Waals surface area contributed by atoms with Crippen molar-refractivity contribution in [1.82, 2.24) is 4.90 Å². The van der Waals surface area contributed by atoms with E-state index in [4.69, 9.17) is 9.84 Å². The van der Waals surface area contributed by atoms with Gasteiger partial charge in [0.1, 0.15) is 6.61 Å². The summed E-state index contributed by atoms with van der Waals surface area (Å²) in [4.78, 5) is 3.59.